The highest BCUT2D eigenvalue weighted by Crippen LogP contribution is 2.68. The SMILES string of the molecule is CCN=C=O.CCNC(=O)NC(C(=O)C[C@@H](Cc1cccc(C(=O)OC(C)(C)C)c1OC)B1OC2C[C@@H]3C[C@@H](C3(C)C)[C@]2(C)O1)c1csc(NC(=O)OCc2ccccc2)n1.COc1c(C[C@H](CC(=O)C(N)c2csc(NC(=O)OCc3ccccc3)n2)B2OC3C[C@@H]4C[C@@H](C4(C)C)[C@]3(C)O2)cccc1C(=O)OC(C)(C)C. The highest BCUT2D eigenvalue weighted by atomic mass is 32.1. The van der Waals surface area contributed by atoms with Crippen LogP contribution in [0.4, 0.5) is 24.6 Å². The third-order valence-electron chi connectivity index (χ3n) is 22.4. The van der Waals surface area contributed by atoms with E-state index >= 15 is 0 Å². The molecule has 4 unspecified atom stereocenters. The number of isocyanates is 1. The van der Waals surface area contributed by atoms with E-state index in [-0.39, 0.29) is 94.5 Å². The predicted octanol–water partition coefficient (Wildman–Crippen LogP) is 15.0. The molecule has 4 aromatic carbocycles. The Morgan fingerprint density at radius 3 is 1.43 bits per heavy atom. The minimum Gasteiger partial charge on any atom is -0.496 e. The van der Waals surface area contributed by atoms with E-state index in [1.807, 2.05) is 93.6 Å². The summed E-state index contributed by atoms with van der Waals surface area (Å²) in [6.07, 6.45) is 4.22. The Kier molecular flexibility index (Phi) is 27.6. The number of anilines is 2. The van der Waals surface area contributed by atoms with Crippen LogP contribution in [0, 0.1) is 34.5 Å². The Balaban J connectivity index is 0.000000225. The molecule has 6 aromatic rings. The Morgan fingerprint density at radius 2 is 1.04 bits per heavy atom. The number of amides is 4. The number of carbonyl (C=O) groups excluding carboxylic acids is 8. The van der Waals surface area contributed by atoms with Crippen LogP contribution in [-0.4, -0.2) is 134 Å². The zero-order chi connectivity index (χ0) is 81.3. The molecule has 8 fully saturated rings. The first kappa shape index (κ1) is 85.6. The summed E-state index contributed by atoms with van der Waals surface area (Å²) in [4.78, 5) is 114. The van der Waals surface area contributed by atoms with Gasteiger partial charge in [-0.2, -0.15) is 0 Å². The molecule has 6 aliphatic carbocycles. The van der Waals surface area contributed by atoms with Gasteiger partial charge in [0.25, 0.3) is 0 Å². The highest BCUT2D eigenvalue weighted by Gasteiger charge is 2.70. The third-order valence-corrected chi connectivity index (χ3v) is 24.0. The zero-order valence-corrected chi connectivity index (χ0v) is 68.5. The van der Waals surface area contributed by atoms with Gasteiger partial charge in [-0.3, -0.25) is 20.2 Å². The second kappa shape index (κ2) is 36.1. The van der Waals surface area contributed by atoms with Crippen molar-refractivity contribution in [1.29, 1.82) is 0 Å². The molecular weight excluding hydrogens is 1470 g/mol. The van der Waals surface area contributed by atoms with Crippen molar-refractivity contribution in [2.75, 3.05) is 37.9 Å². The van der Waals surface area contributed by atoms with Gasteiger partial charge in [0, 0.05) is 48.3 Å². The van der Waals surface area contributed by atoms with E-state index in [1.54, 1.807) is 69.6 Å². The molecule has 2 saturated heterocycles. The monoisotopic (exact) mass is 1580 g/mol. The number of aromatic nitrogens is 2. The minimum atomic E-state index is -1.17. The summed E-state index contributed by atoms with van der Waals surface area (Å²) < 4.78 is 60.8. The van der Waals surface area contributed by atoms with Crippen LogP contribution in [0.2, 0.25) is 11.6 Å². The van der Waals surface area contributed by atoms with Gasteiger partial charge >= 0.3 is 44.4 Å². The number of benzene rings is 4. The number of thiazole rings is 2. The second-order valence-electron chi connectivity index (χ2n) is 33.0. The molecule has 600 valence electrons. The lowest BCUT2D eigenvalue weighted by Crippen LogP contribution is -2.65. The fourth-order valence-corrected chi connectivity index (χ4v) is 18.0. The van der Waals surface area contributed by atoms with Gasteiger partial charge in [-0.1, -0.05) is 113 Å². The van der Waals surface area contributed by atoms with Crippen molar-refractivity contribution in [2.45, 2.75) is 220 Å². The molecule has 4 bridgehead atoms. The van der Waals surface area contributed by atoms with E-state index in [4.69, 9.17) is 57.6 Å². The summed E-state index contributed by atoms with van der Waals surface area (Å²) in [6.45, 7) is 28.9. The maximum atomic E-state index is 14.6. The number of Topliss-reactive ketones (excluding diaryl/α,β-unsaturated/α-hetero) is 2. The maximum absolute atomic E-state index is 14.6. The standard InChI is InChI=1S/C41H53BN4O9S.C38H48BN3O8S.C3H5NO/c1-9-43-36(49)45-33(29-23-56-37(44-29)46-38(50)52-22-24-14-11-10-12-15-24)30(47)21-27(42-54-32-20-26-19-31(40(26,5)6)41(32,7)55-42)18-25-16-13-17-28(34(25)51-8)35(48)53-39(2,3)4;1-36(2,3)48-33(44)26-15-11-14-23(32(26)46-7)16-25(39-49-30-18-24-17-29(37(24,4)5)38(30,6)50-39)19-28(43)31(40)27-21-51-34(41-27)42-35(45)47-20-22-12-9-8-10-13-22;1-2-4-3-5/h10-17,23,26-27,31-33H,9,18-22H2,1-8H3,(H2,43,45,49)(H,44,46,50);8-15,21,24-25,29-31H,16-20,40H2,1-7H3,(H,41,42,45);2H2,1H3/t26-,27+,31-,32?,33?,41-;24-,25+,29-,30?,31?,38-;/m00./s1. The molecule has 12 atom stereocenters. The van der Waals surface area contributed by atoms with Crippen LogP contribution in [0.15, 0.2) is 113 Å². The van der Waals surface area contributed by atoms with Crippen molar-refractivity contribution in [3.63, 3.8) is 0 Å². The van der Waals surface area contributed by atoms with Crippen molar-refractivity contribution in [3.8, 4) is 11.5 Å². The van der Waals surface area contributed by atoms with Crippen LogP contribution in [0.1, 0.15) is 202 Å². The van der Waals surface area contributed by atoms with E-state index in [1.165, 1.54) is 20.3 Å². The predicted molar refractivity (Wildman–Crippen MR) is 426 cm³/mol. The van der Waals surface area contributed by atoms with Crippen molar-refractivity contribution in [1.82, 2.24) is 20.6 Å². The minimum absolute atomic E-state index is 0.0192. The first-order valence-corrected chi connectivity index (χ1v) is 40.0. The lowest BCUT2D eigenvalue weighted by atomic mass is 9.43. The number of nitrogens with one attached hydrogen (secondary N) is 4. The Labute approximate surface area is 664 Å². The molecule has 4 amide bonds. The van der Waals surface area contributed by atoms with Gasteiger partial charge in [0.1, 0.15) is 59.1 Å². The average Bonchev–Trinajstić information content (AvgIpc) is 1.40. The number of ketones is 2. The summed E-state index contributed by atoms with van der Waals surface area (Å²) in [5, 5.41) is 14.5. The van der Waals surface area contributed by atoms with Crippen LogP contribution in [0.3, 0.4) is 0 Å². The number of para-hydroxylation sites is 2. The molecule has 14 rings (SSSR count). The van der Waals surface area contributed by atoms with Gasteiger partial charge < -0.3 is 63.4 Å². The van der Waals surface area contributed by atoms with E-state index in [0.717, 1.165) is 65.0 Å². The molecular formula is C82H106B2N8O18S2. The van der Waals surface area contributed by atoms with Crippen LogP contribution < -0.4 is 36.5 Å². The molecule has 8 aliphatic rings. The van der Waals surface area contributed by atoms with Crippen molar-refractivity contribution < 1.29 is 85.4 Å². The first-order valence-electron chi connectivity index (χ1n) is 38.2. The number of urea groups is 1. The van der Waals surface area contributed by atoms with Crippen molar-refractivity contribution >= 4 is 95.0 Å². The summed E-state index contributed by atoms with van der Waals surface area (Å²) >= 11 is 2.26. The number of hydrogen-bond donors (Lipinski definition) is 5. The van der Waals surface area contributed by atoms with Gasteiger partial charge in [0.15, 0.2) is 21.8 Å². The number of rotatable bonds is 27. The molecule has 112 heavy (non-hydrogen) atoms. The smallest absolute Gasteiger partial charge is 0.461 e. The van der Waals surface area contributed by atoms with Crippen molar-refractivity contribution in [2.24, 2.45) is 45.2 Å². The lowest BCUT2D eigenvalue weighted by molar-refractivity contribution is -0.199. The summed E-state index contributed by atoms with van der Waals surface area (Å²) in [7, 11) is 1.56. The maximum Gasteiger partial charge on any atom is 0.461 e. The summed E-state index contributed by atoms with van der Waals surface area (Å²) in [5.41, 5.74) is 8.56. The number of aliphatic imine (C=N–C) groups is 1. The number of esters is 2. The van der Waals surface area contributed by atoms with Gasteiger partial charge in [-0.15, -0.1) is 22.7 Å². The molecule has 6 N–H and O–H groups in total. The lowest BCUT2D eigenvalue weighted by Gasteiger charge is -2.64. The van der Waals surface area contributed by atoms with Gasteiger partial charge in [-0.05, 0) is 177 Å². The fourth-order valence-electron chi connectivity index (χ4n) is 16.6. The van der Waals surface area contributed by atoms with E-state index < -0.39 is 90.5 Å². The quantitative estimate of drug-likeness (QED) is 0.0105. The number of ether oxygens (including phenoxy) is 6. The van der Waals surface area contributed by atoms with E-state index in [0.29, 0.717) is 65.6 Å². The third kappa shape index (κ3) is 20.2. The van der Waals surface area contributed by atoms with Crippen LogP contribution in [0.25, 0.3) is 0 Å². The van der Waals surface area contributed by atoms with Crippen LogP contribution in [0.5, 0.6) is 11.5 Å². The van der Waals surface area contributed by atoms with Gasteiger partial charge in [-0.25, -0.2) is 43.7 Å². The van der Waals surface area contributed by atoms with Crippen LogP contribution >= 0.6 is 22.7 Å². The molecule has 0 spiro atoms. The van der Waals surface area contributed by atoms with Gasteiger partial charge in [0.2, 0.25) is 6.08 Å². The van der Waals surface area contributed by atoms with Gasteiger partial charge in [0.05, 0.1) is 49.0 Å². The number of methoxy groups -OCH3 is 2. The second-order valence-corrected chi connectivity index (χ2v) is 34.7. The Hall–Kier alpha value is -8.86. The van der Waals surface area contributed by atoms with E-state index in [9.17, 15) is 33.6 Å². The number of nitrogens with zero attached hydrogens (tertiary/aromatic N) is 3. The zero-order valence-electron chi connectivity index (χ0n) is 66.9. The Bertz CT molecular complexity index is 4380. The molecule has 6 saturated carbocycles. The number of hydrogen-bond acceptors (Lipinski definition) is 24. The summed E-state index contributed by atoms with van der Waals surface area (Å²) in [5.74, 6) is -0.218. The molecule has 4 heterocycles. The largest absolute Gasteiger partial charge is 0.496 e. The molecule has 0 radical (unpaired) electrons. The normalized spacial score (nSPS) is 23.0. The highest BCUT2D eigenvalue weighted by molar-refractivity contribution is 7.14. The Morgan fingerprint density at radius 1 is 0.607 bits per heavy atom. The fraction of sp³-hybridized carbons (Fsp3) is 0.537. The number of nitrogens with two attached hydrogens (primary N) is 1. The molecule has 2 aromatic heterocycles. The topological polar surface area (TPSA) is 341 Å². The average molecular weight is 1580 g/mol. The number of carbonyl (C=O) groups is 7. The first-order chi connectivity index (χ1) is 53.0. The molecule has 2 aliphatic heterocycles. The van der Waals surface area contributed by atoms with E-state index in [2.05, 4.69) is 77.8 Å². The molecule has 26 nitrogen and oxygen atoms in total. The van der Waals surface area contributed by atoms with Crippen LogP contribution in [-0.2, 0) is 78.0 Å². The molecule has 30 heteroatoms. The summed E-state index contributed by atoms with van der Waals surface area (Å²) in [6, 6.07) is 26.4. The van der Waals surface area contributed by atoms with Crippen molar-refractivity contribution in [3.05, 3.63) is 153 Å².